The first-order valence-corrected chi connectivity index (χ1v) is 9.86. The summed E-state index contributed by atoms with van der Waals surface area (Å²) in [7, 11) is -3.99. The van der Waals surface area contributed by atoms with Crippen LogP contribution in [0, 0.1) is 12.7 Å². The Balaban J connectivity index is 2.13. The van der Waals surface area contributed by atoms with E-state index in [-0.39, 0.29) is 27.2 Å². The van der Waals surface area contributed by atoms with Crippen LogP contribution in [0.4, 0.5) is 4.39 Å². The molecule has 0 unspecified atom stereocenters. The van der Waals surface area contributed by atoms with Crippen LogP contribution in [-0.4, -0.2) is 18.6 Å². The lowest BCUT2D eigenvalue weighted by Crippen LogP contribution is -2.22. The van der Waals surface area contributed by atoms with Crippen molar-refractivity contribution in [3.05, 3.63) is 64.2 Å². The Labute approximate surface area is 161 Å². The van der Waals surface area contributed by atoms with E-state index >= 15 is 0 Å². The first-order chi connectivity index (χ1) is 12.5. The Morgan fingerprint density at radius 3 is 2.59 bits per heavy atom. The van der Waals surface area contributed by atoms with Gasteiger partial charge in [-0.1, -0.05) is 40.5 Å². The average Bonchev–Trinajstić information content (AvgIpc) is 3.06. The quantitative estimate of drug-likeness (QED) is 0.706. The molecule has 0 spiro atoms. The van der Waals surface area contributed by atoms with Gasteiger partial charge >= 0.3 is 0 Å². The summed E-state index contributed by atoms with van der Waals surface area (Å²) in [4.78, 5) is 4.18. The molecule has 9 heteroatoms. The van der Waals surface area contributed by atoms with Gasteiger partial charge in [-0.3, -0.25) is 0 Å². The van der Waals surface area contributed by atoms with Gasteiger partial charge < -0.3 is 4.52 Å². The van der Waals surface area contributed by atoms with E-state index < -0.39 is 21.3 Å². The molecule has 3 aromatic rings. The molecule has 0 aliphatic rings. The van der Waals surface area contributed by atoms with Crippen molar-refractivity contribution in [1.29, 1.82) is 0 Å². The molecule has 1 aromatic heterocycles. The summed E-state index contributed by atoms with van der Waals surface area (Å²) in [5.74, 6) is -0.412. The van der Waals surface area contributed by atoms with E-state index in [1.54, 1.807) is 45.0 Å². The third-order valence-electron chi connectivity index (χ3n) is 4.28. The van der Waals surface area contributed by atoms with Crippen LogP contribution in [0.1, 0.15) is 30.8 Å². The van der Waals surface area contributed by atoms with Crippen molar-refractivity contribution >= 4 is 21.6 Å². The van der Waals surface area contributed by atoms with Gasteiger partial charge in [0.1, 0.15) is 5.82 Å². The normalized spacial score (nSPS) is 12.4. The molecular weight excluding hydrogens is 393 g/mol. The summed E-state index contributed by atoms with van der Waals surface area (Å²) in [5.41, 5.74) is 0.302. The fourth-order valence-electron chi connectivity index (χ4n) is 2.75. The smallest absolute Gasteiger partial charge is 0.259 e. The third kappa shape index (κ3) is 3.60. The molecule has 142 valence electrons. The van der Waals surface area contributed by atoms with Crippen LogP contribution in [0.5, 0.6) is 0 Å². The number of nitrogens with two attached hydrogens (primary N) is 1. The molecule has 6 nitrogen and oxygen atoms in total. The van der Waals surface area contributed by atoms with Crippen LogP contribution >= 0.6 is 11.6 Å². The first-order valence-electron chi connectivity index (χ1n) is 7.94. The number of benzene rings is 2. The number of primary sulfonamides is 1. The maximum Gasteiger partial charge on any atom is 0.259 e. The Morgan fingerprint density at radius 2 is 1.93 bits per heavy atom. The van der Waals surface area contributed by atoms with Gasteiger partial charge in [0.25, 0.3) is 5.89 Å². The minimum atomic E-state index is -3.99. The Hall–Kier alpha value is -2.29. The zero-order chi connectivity index (χ0) is 20.0. The highest BCUT2D eigenvalue weighted by atomic mass is 35.5. The first kappa shape index (κ1) is 19.5. The standard InChI is InChI=1S/C18H17ClFN3O3S/c1-10-7-8-14(27(21,24)25)11(9-10)16-22-17(23-26-16)18(2,3)12-5-4-6-13(19)15(12)20/h4-9H,1-3H3,(H2,21,24,25). The molecule has 0 aliphatic heterocycles. The van der Waals surface area contributed by atoms with Crippen LogP contribution in [0.2, 0.25) is 5.02 Å². The zero-order valence-electron chi connectivity index (χ0n) is 14.8. The van der Waals surface area contributed by atoms with Crippen molar-refractivity contribution in [2.75, 3.05) is 0 Å². The maximum atomic E-state index is 14.5. The summed E-state index contributed by atoms with van der Waals surface area (Å²) in [6.07, 6.45) is 0. The van der Waals surface area contributed by atoms with Crippen molar-refractivity contribution < 1.29 is 17.3 Å². The largest absolute Gasteiger partial charge is 0.334 e. The fourth-order valence-corrected chi connectivity index (χ4v) is 3.64. The highest BCUT2D eigenvalue weighted by molar-refractivity contribution is 7.89. The summed E-state index contributed by atoms with van der Waals surface area (Å²) in [6, 6.07) is 9.24. The molecule has 2 N–H and O–H groups in total. The minimum absolute atomic E-state index is 0.0144. The van der Waals surface area contributed by atoms with Gasteiger partial charge in [0.15, 0.2) is 5.82 Å². The van der Waals surface area contributed by atoms with Gasteiger partial charge in [-0.2, -0.15) is 4.98 Å². The van der Waals surface area contributed by atoms with Gasteiger partial charge in [0, 0.05) is 5.56 Å². The van der Waals surface area contributed by atoms with Crippen LogP contribution in [0.15, 0.2) is 45.8 Å². The van der Waals surface area contributed by atoms with Crippen LogP contribution < -0.4 is 5.14 Å². The van der Waals surface area contributed by atoms with Crippen molar-refractivity contribution in [1.82, 2.24) is 10.1 Å². The second-order valence-electron chi connectivity index (χ2n) is 6.69. The molecule has 0 amide bonds. The number of aryl methyl sites for hydroxylation is 1. The summed E-state index contributed by atoms with van der Waals surface area (Å²) < 4.78 is 43.5. The van der Waals surface area contributed by atoms with E-state index in [0.29, 0.717) is 5.56 Å². The second kappa shape index (κ2) is 6.70. The lowest BCUT2D eigenvalue weighted by Gasteiger charge is -2.21. The summed E-state index contributed by atoms with van der Waals surface area (Å²) in [5, 5.41) is 9.20. The van der Waals surface area contributed by atoms with Gasteiger partial charge in [0.05, 0.1) is 20.9 Å². The Morgan fingerprint density at radius 1 is 1.22 bits per heavy atom. The van der Waals surface area contributed by atoms with E-state index in [9.17, 15) is 12.8 Å². The molecule has 2 aromatic carbocycles. The molecule has 0 atom stereocenters. The molecule has 0 bridgehead atoms. The predicted octanol–water partition coefficient (Wildman–Crippen LogP) is 3.81. The number of nitrogens with zero attached hydrogens (tertiary/aromatic N) is 2. The maximum absolute atomic E-state index is 14.5. The highest BCUT2D eigenvalue weighted by Gasteiger charge is 2.33. The molecular formula is C18H17ClFN3O3S. The number of rotatable bonds is 4. The summed E-state index contributed by atoms with van der Waals surface area (Å²) in [6.45, 7) is 5.22. The van der Waals surface area contributed by atoms with E-state index in [1.165, 1.54) is 12.1 Å². The van der Waals surface area contributed by atoms with Crippen molar-refractivity contribution in [3.63, 3.8) is 0 Å². The van der Waals surface area contributed by atoms with Crippen molar-refractivity contribution in [2.45, 2.75) is 31.1 Å². The van der Waals surface area contributed by atoms with E-state index in [2.05, 4.69) is 10.1 Å². The van der Waals surface area contributed by atoms with E-state index in [0.717, 1.165) is 5.56 Å². The predicted molar refractivity (Wildman–Crippen MR) is 99.4 cm³/mol. The number of aromatic nitrogens is 2. The monoisotopic (exact) mass is 409 g/mol. The number of hydrogen-bond donors (Lipinski definition) is 1. The van der Waals surface area contributed by atoms with Gasteiger partial charge in [-0.25, -0.2) is 17.9 Å². The lowest BCUT2D eigenvalue weighted by atomic mass is 9.83. The van der Waals surface area contributed by atoms with Crippen LogP contribution in [-0.2, 0) is 15.4 Å². The third-order valence-corrected chi connectivity index (χ3v) is 5.54. The molecule has 0 radical (unpaired) electrons. The Kier molecular flexibility index (Phi) is 4.83. The number of halogens is 2. The average molecular weight is 410 g/mol. The molecule has 0 saturated carbocycles. The SMILES string of the molecule is Cc1ccc(S(N)(=O)=O)c(-c2nc(C(C)(C)c3cccc(Cl)c3F)no2)c1. The topological polar surface area (TPSA) is 99.1 Å². The van der Waals surface area contributed by atoms with Crippen LogP contribution in [0.3, 0.4) is 0 Å². The van der Waals surface area contributed by atoms with Gasteiger partial charge in [-0.05, 0) is 39.0 Å². The number of sulfonamides is 1. The molecule has 27 heavy (non-hydrogen) atoms. The lowest BCUT2D eigenvalue weighted by molar-refractivity contribution is 0.404. The minimum Gasteiger partial charge on any atom is -0.334 e. The Bertz CT molecular complexity index is 1130. The number of hydrogen-bond acceptors (Lipinski definition) is 5. The van der Waals surface area contributed by atoms with E-state index in [4.69, 9.17) is 21.3 Å². The highest BCUT2D eigenvalue weighted by Crippen LogP contribution is 2.35. The molecule has 1 heterocycles. The van der Waals surface area contributed by atoms with Crippen LogP contribution in [0.25, 0.3) is 11.5 Å². The molecule has 0 aliphatic carbocycles. The zero-order valence-corrected chi connectivity index (χ0v) is 16.4. The van der Waals surface area contributed by atoms with Gasteiger partial charge in [0.2, 0.25) is 10.0 Å². The molecule has 0 saturated heterocycles. The van der Waals surface area contributed by atoms with Crippen molar-refractivity contribution in [3.8, 4) is 11.5 Å². The van der Waals surface area contributed by atoms with E-state index in [1.807, 2.05) is 0 Å². The second-order valence-corrected chi connectivity index (χ2v) is 8.63. The fraction of sp³-hybridized carbons (Fsp3) is 0.222. The molecule has 3 rings (SSSR count). The van der Waals surface area contributed by atoms with Gasteiger partial charge in [-0.15, -0.1) is 0 Å². The molecule has 0 fully saturated rings. The summed E-state index contributed by atoms with van der Waals surface area (Å²) >= 11 is 5.88. The van der Waals surface area contributed by atoms with Crippen molar-refractivity contribution in [2.24, 2.45) is 5.14 Å².